The molecule has 3 aliphatic heterocycles. The van der Waals surface area contributed by atoms with E-state index >= 15 is 0 Å². The SMILES string of the molecule is CNC(=O)COc1cc2cc(Nc3nc(N4CCC(OCc5ccc6c(c5)CN(C5CCC(=O)NC5=O)C6=O)CC4)ncc3Cl)ccc2n(C)c1=O. The molecule has 1 unspecified atom stereocenters. The van der Waals surface area contributed by atoms with Crippen LogP contribution in [0.4, 0.5) is 17.5 Å². The first-order valence-electron chi connectivity index (χ1n) is 17.0. The highest BCUT2D eigenvalue weighted by Crippen LogP contribution is 2.31. The van der Waals surface area contributed by atoms with Gasteiger partial charge in [0.15, 0.2) is 18.2 Å². The van der Waals surface area contributed by atoms with Crippen molar-refractivity contribution in [2.75, 3.05) is 37.0 Å². The number of pyridine rings is 1. The Morgan fingerprint density at radius 2 is 1.87 bits per heavy atom. The van der Waals surface area contributed by atoms with Gasteiger partial charge in [-0.1, -0.05) is 23.7 Å². The molecule has 3 N–H and O–H groups in total. The van der Waals surface area contributed by atoms with Crippen LogP contribution in [0.1, 0.15) is 47.2 Å². The van der Waals surface area contributed by atoms with E-state index in [4.69, 9.17) is 26.1 Å². The topological polar surface area (TPSA) is 177 Å². The summed E-state index contributed by atoms with van der Waals surface area (Å²) in [6, 6.07) is 12.1. The van der Waals surface area contributed by atoms with Gasteiger partial charge in [0.05, 0.1) is 24.4 Å². The number of carbonyl (C=O) groups is 4. The molecule has 5 heterocycles. The summed E-state index contributed by atoms with van der Waals surface area (Å²) < 4.78 is 13.2. The second-order valence-corrected chi connectivity index (χ2v) is 13.4. The van der Waals surface area contributed by atoms with E-state index in [9.17, 15) is 24.0 Å². The van der Waals surface area contributed by atoms with Crippen LogP contribution in [0.25, 0.3) is 10.9 Å². The summed E-state index contributed by atoms with van der Waals surface area (Å²) >= 11 is 6.50. The van der Waals surface area contributed by atoms with Gasteiger partial charge in [0.1, 0.15) is 11.1 Å². The van der Waals surface area contributed by atoms with E-state index < -0.39 is 11.9 Å². The molecule has 0 spiro atoms. The second-order valence-electron chi connectivity index (χ2n) is 13.0. The maximum atomic E-state index is 13.0. The first-order valence-corrected chi connectivity index (χ1v) is 17.4. The number of nitrogens with zero attached hydrogens (tertiary/aromatic N) is 5. The van der Waals surface area contributed by atoms with Gasteiger partial charge in [-0.2, -0.15) is 4.98 Å². The number of aryl methyl sites for hydroxylation is 1. The molecular formula is C36H37ClN8O7. The summed E-state index contributed by atoms with van der Waals surface area (Å²) in [6.07, 6.45) is 3.64. The number of carbonyl (C=O) groups excluding carboxylic acids is 4. The van der Waals surface area contributed by atoms with Crippen molar-refractivity contribution < 1.29 is 28.7 Å². The minimum absolute atomic E-state index is 0.0230. The van der Waals surface area contributed by atoms with Crippen LogP contribution in [0.15, 0.2) is 53.5 Å². The lowest BCUT2D eigenvalue weighted by molar-refractivity contribution is -0.137. The number of hydrogen-bond donors (Lipinski definition) is 3. The highest BCUT2D eigenvalue weighted by molar-refractivity contribution is 6.33. The van der Waals surface area contributed by atoms with Crippen molar-refractivity contribution in [1.82, 2.24) is 30.1 Å². The molecule has 2 fully saturated rings. The maximum absolute atomic E-state index is 13.0. The molecule has 15 nitrogen and oxygen atoms in total. The van der Waals surface area contributed by atoms with Crippen LogP contribution >= 0.6 is 11.6 Å². The molecular weight excluding hydrogens is 692 g/mol. The zero-order chi connectivity index (χ0) is 36.5. The van der Waals surface area contributed by atoms with E-state index in [1.54, 1.807) is 36.3 Å². The Bertz CT molecular complexity index is 2150. The number of benzene rings is 2. The van der Waals surface area contributed by atoms with Crippen LogP contribution in [0.3, 0.4) is 0 Å². The number of ether oxygens (including phenoxy) is 2. The third-order valence-corrected chi connectivity index (χ3v) is 9.90. The third kappa shape index (κ3) is 7.14. The summed E-state index contributed by atoms with van der Waals surface area (Å²) in [5.74, 6) is -0.259. The van der Waals surface area contributed by atoms with Gasteiger partial charge in [-0.05, 0) is 60.7 Å². The number of aromatic nitrogens is 3. The lowest BCUT2D eigenvalue weighted by Gasteiger charge is -2.32. The normalized spacial score (nSPS) is 17.7. The van der Waals surface area contributed by atoms with Crippen LogP contribution in [0.2, 0.25) is 5.02 Å². The number of nitrogens with one attached hydrogen (secondary N) is 3. The molecule has 2 saturated heterocycles. The predicted molar refractivity (Wildman–Crippen MR) is 192 cm³/mol. The van der Waals surface area contributed by atoms with Gasteiger partial charge in [0, 0.05) is 56.8 Å². The monoisotopic (exact) mass is 728 g/mol. The molecule has 0 radical (unpaired) electrons. The van der Waals surface area contributed by atoms with Crippen LogP contribution in [-0.2, 0) is 39.3 Å². The van der Waals surface area contributed by atoms with Crippen molar-refractivity contribution >= 4 is 63.6 Å². The van der Waals surface area contributed by atoms with Crippen molar-refractivity contribution in [2.24, 2.45) is 7.05 Å². The van der Waals surface area contributed by atoms with E-state index in [0.717, 1.165) is 24.0 Å². The number of piperidine rings is 2. The van der Waals surface area contributed by atoms with Crippen LogP contribution in [-0.4, -0.2) is 82.0 Å². The first kappa shape index (κ1) is 34.9. The van der Waals surface area contributed by atoms with Crippen molar-refractivity contribution in [1.29, 1.82) is 0 Å². The third-order valence-electron chi connectivity index (χ3n) is 9.62. The van der Waals surface area contributed by atoms with Crippen LogP contribution in [0.5, 0.6) is 5.75 Å². The average molecular weight is 729 g/mol. The van der Waals surface area contributed by atoms with E-state index in [-0.39, 0.29) is 48.2 Å². The summed E-state index contributed by atoms with van der Waals surface area (Å²) in [7, 11) is 3.14. The standard InChI is InChI=1S/C36H37ClN8O7/c1-38-31(47)19-52-29-15-21-14-23(4-6-27(21)43(2)35(29)50)40-32-26(37)16-39-36(42-32)44-11-9-24(10-12-44)51-18-20-3-5-25-22(13-20)17-45(34(25)49)28-7-8-30(46)41-33(28)48/h3-6,13-16,24,28H,7-12,17-19H2,1-2H3,(H,38,47)(H,39,40,42)(H,41,46,48). The Kier molecular flexibility index (Phi) is 9.79. The highest BCUT2D eigenvalue weighted by atomic mass is 35.5. The molecule has 7 rings (SSSR count). The van der Waals surface area contributed by atoms with Gasteiger partial charge < -0.3 is 34.5 Å². The minimum atomic E-state index is -0.646. The fourth-order valence-corrected chi connectivity index (χ4v) is 6.88. The second kappa shape index (κ2) is 14.6. The molecule has 1 atom stereocenters. The van der Waals surface area contributed by atoms with Crippen molar-refractivity contribution in [3.8, 4) is 5.75 Å². The minimum Gasteiger partial charge on any atom is -0.478 e. The van der Waals surface area contributed by atoms with E-state index in [0.29, 0.717) is 71.6 Å². The summed E-state index contributed by atoms with van der Waals surface area (Å²) in [5.41, 5.74) is 3.38. The number of likely N-dealkylation sites (N-methyl/N-ethyl adjacent to an activating group) is 1. The highest BCUT2D eigenvalue weighted by Gasteiger charge is 2.39. The van der Waals surface area contributed by atoms with Gasteiger partial charge in [-0.25, -0.2) is 4.98 Å². The van der Waals surface area contributed by atoms with E-state index in [2.05, 4.69) is 25.8 Å². The molecule has 52 heavy (non-hydrogen) atoms. The smallest absolute Gasteiger partial charge is 0.293 e. The summed E-state index contributed by atoms with van der Waals surface area (Å²) in [4.78, 5) is 74.2. The number of rotatable bonds is 10. The first-order chi connectivity index (χ1) is 25.1. The van der Waals surface area contributed by atoms with Crippen LogP contribution in [0, 0.1) is 0 Å². The molecule has 4 aromatic rings. The fourth-order valence-electron chi connectivity index (χ4n) is 6.74. The van der Waals surface area contributed by atoms with Gasteiger partial charge in [0.25, 0.3) is 17.4 Å². The van der Waals surface area contributed by atoms with Gasteiger partial charge in [-0.15, -0.1) is 0 Å². The summed E-state index contributed by atoms with van der Waals surface area (Å²) in [6.45, 7) is 1.78. The predicted octanol–water partition coefficient (Wildman–Crippen LogP) is 2.80. The van der Waals surface area contributed by atoms with Crippen LogP contribution < -0.4 is 31.1 Å². The molecule has 0 saturated carbocycles. The Labute approximate surface area is 303 Å². The van der Waals surface area contributed by atoms with E-state index in [1.165, 1.54) is 11.6 Å². The maximum Gasteiger partial charge on any atom is 0.293 e. The molecule has 2 aromatic heterocycles. The van der Waals surface area contributed by atoms with Gasteiger partial charge in [0.2, 0.25) is 17.8 Å². The number of fused-ring (bicyclic) bond motifs is 2. The molecule has 0 aliphatic carbocycles. The van der Waals surface area contributed by atoms with Gasteiger partial charge >= 0.3 is 0 Å². The fraction of sp³-hybridized carbons (Fsp3) is 0.361. The molecule has 16 heteroatoms. The number of amides is 4. The molecule has 270 valence electrons. The largest absolute Gasteiger partial charge is 0.478 e. The number of hydrogen-bond acceptors (Lipinski definition) is 11. The lowest BCUT2D eigenvalue weighted by Crippen LogP contribution is -2.52. The Balaban J connectivity index is 0.952. The zero-order valence-corrected chi connectivity index (χ0v) is 29.4. The lowest BCUT2D eigenvalue weighted by atomic mass is 10.0. The zero-order valence-electron chi connectivity index (χ0n) is 28.6. The Morgan fingerprint density at radius 3 is 2.63 bits per heavy atom. The molecule has 4 amide bonds. The number of halogens is 1. The van der Waals surface area contributed by atoms with Crippen molar-refractivity contribution in [3.63, 3.8) is 0 Å². The van der Waals surface area contributed by atoms with Crippen molar-refractivity contribution in [2.45, 2.75) is 51.0 Å². The molecule has 2 aromatic carbocycles. The molecule has 3 aliphatic rings. The summed E-state index contributed by atoms with van der Waals surface area (Å²) in [5, 5.41) is 9.12. The Hall–Kier alpha value is -5.54. The number of imide groups is 1. The van der Waals surface area contributed by atoms with Crippen molar-refractivity contribution in [3.05, 3.63) is 80.7 Å². The van der Waals surface area contributed by atoms with Gasteiger partial charge in [-0.3, -0.25) is 29.3 Å². The quantitative estimate of drug-likeness (QED) is 0.205. The van der Waals surface area contributed by atoms with E-state index in [1.807, 2.05) is 24.3 Å². The average Bonchev–Trinajstić information content (AvgIpc) is 3.47. The Morgan fingerprint density at radius 1 is 1.06 bits per heavy atom. The molecule has 0 bridgehead atoms. The number of anilines is 3.